The van der Waals surface area contributed by atoms with Gasteiger partial charge in [0.15, 0.2) is 0 Å². The molecule has 0 bridgehead atoms. The van der Waals surface area contributed by atoms with Crippen molar-refractivity contribution in [1.82, 2.24) is 0 Å². The van der Waals surface area contributed by atoms with Crippen molar-refractivity contribution in [3.63, 3.8) is 0 Å². The molecule has 0 radical (unpaired) electrons. The Hall–Kier alpha value is -0.910. The molecule has 0 spiro atoms. The van der Waals surface area contributed by atoms with E-state index in [1.165, 1.54) is 0 Å². The van der Waals surface area contributed by atoms with Crippen molar-refractivity contribution in [2.75, 3.05) is 0 Å². The van der Waals surface area contributed by atoms with Gasteiger partial charge < -0.3 is 20.4 Å². The third kappa shape index (κ3) is 2.06. The molecule has 22 heavy (non-hydrogen) atoms. The van der Waals surface area contributed by atoms with Crippen molar-refractivity contribution in [2.24, 2.45) is 23.2 Å². The predicted octanol–water partition coefficient (Wildman–Crippen LogP) is 1.32. The van der Waals surface area contributed by atoms with Gasteiger partial charge in [0.05, 0.1) is 17.8 Å². The highest BCUT2D eigenvalue weighted by Crippen LogP contribution is 2.58. The Balaban J connectivity index is 2.02. The highest BCUT2D eigenvalue weighted by Gasteiger charge is 2.59. The van der Waals surface area contributed by atoms with E-state index >= 15 is 0 Å². The Labute approximate surface area is 130 Å². The summed E-state index contributed by atoms with van der Waals surface area (Å²) >= 11 is 0. The monoisotopic (exact) mass is 310 g/mol. The zero-order chi connectivity index (χ0) is 16.3. The van der Waals surface area contributed by atoms with E-state index in [4.69, 9.17) is 0 Å². The summed E-state index contributed by atoms with van der Waals surface area (Å²) in [5.41, 5.74) is -0.679. The lowest BCUT2D eigenvalue weighted by Crippen LogP contribution is -2.61. The van der Waals surface area contributed by atoms with Gasteiger partial charge in [-0.3, -0.25) is 4.79 Å². The van der Waals surface area contributed by atoms with Crippen LogP contribution in [-0.2, 0) is 4.79 Å². The Morgan fingerprint density at radius 2 is 1.91 bits per heavy atom. The maximum Gasteiger partial charge on any atom is 0.313 e. The lowest BCUT2D eigenvalue weighted by atomic mass is 9.50. The lowest BCUT2D eigenvalue weighted by Gasteiger charge is -2.58. The molecule has 6 atom stereocenters. The van der Waals surface area contributed by atoms with E-state index in [0.29, 0.717) is 37.7 Å². The van der Waals surface area contributed by atoms with Crippen LogP contribution < -0.4 is 0 Å². The summed E-state index contributed by atoms with van der Waals surface area (Å²) < 4.78 is 0. The van der Waals surface area contributed by atoms with Gasteiger partial charge in [0.2, 0.25) is 0 Å². The van der Waals surface area contributed by atoms with Crippen molar-refractivity contribution in [1.29, 1.82) is 0 Å². The molecule has 2 fully saturated rings. The van der Waals surface area contributed by atoms with E-state index in [1.807, 2.05) is 19.9 Å². The Morgan fingerprint density at radius 3 is 2.55 bits per heavy atom. The van der Waals surface area contributed by atoms with Crippen molar-refractivity contribution in [2.45, 2.75) is 63.8 Å². The number of aliphatic hydroxyl groups is 3. The topological polar surface area (TPSA) is 98.0 Å². The van der Waals surface area contributed by atoms with Crippen molar-refractivity contribution >= 4 is 5.97 Å². The summed E-state index contributed by atoms with van der Waals surface area (Å²) in [5.74, 6) is -2.22. The molecular weight excluding hydrogens is 284 g/mol. The number of allylic oxidation sites excluding steroid dienone is 1. The van der Waals surface area contributed by atoms with Gasteiger partial charge in [-0.2, -0.15) is 0 Å². The summed E-state index contributed by atoms with van der Waals surface area (Å²) in [4.78, 5) is 11.5. The fourth-order valence-electron chi connectivity index (χ4n) is 5.19. The van der Waals surface area contributed by atoms with Crippen LogP contribution >= 0.6 is 0 Å². The van der Waals surface area contributed by atoms with Crippen LogP contribution in [0.4, 0.5) is 0 Å². The van der Waals surface area contributed by atoms with E-state index in [9.17, 15) is 25.2 Å². The van der Waals surface area contributed by atoms with E-state index < -0.39 is 35.1 Å². The summed E-state index contributed by atoms with van der Waals surface area (Å²) in [6.07, 6.45) is 3.18. The van der Waals surface area contributed by atoms with E-state index in [0.717, 1.165) is 0 Å². The van der Waals surface area contributed by atoms with Gasteiger partial charge in [-0.05, 0) is 43.4 Å². The highest BCUT2D eigenvalue weighted by molar-refractivity contribution is 5.75. The van der Waals surface area contributed by atoms with Gasteiger partial charge in [-0.1, -0.05) is 25.5 Å². The van der Waals surface area contributed by atoms with Crippen molar-refractivity contribution in [3.8, 4) is 0 Å². The van der Waals surface area contributed by atoms with E-state index in [2.05, 4.69) is 0 Å². The second-order valence-corrected chi connectivity index (χ2v) is 7.87. The number of hydrogen-bond acceptors (Lipinski definition) is 4. The molecule has 5 heteroatoms. The summed E-state index contributed by atoms with van der Waals surface area (Å²) in [6, 6.07) is 0. The fourth-order valence-corrected chi connectivity index (χ4v) is 5.19. The molecule has 0 saturated heterocycles. The van der Waals surface area contributed by atoms with Crippen LogP contribution in [0.5, 0.6) is 0 Å². The maximum absolute atomic E-state index is 11.5. The van der Waals surface area contributed by atoms with Gasteiger partial charge in [-0.15, -0.1) is 0 Å². The van der Waals surface area contributed by atoms with Crippen LogP contribution in [-0.4, -0.2) is 44.2 Å². The SMILES string of the molecule is CC1(C)C2CC=C3C(C(=O)O)[C@@H](O)CC[C@@H]3[C@@]2(O)CC[C@H]1O. The Bertz CT molecular complexity index is 511. The number of carboxylic acids is 1. The molecule has 4 N–H and O–H groups in total. The number of aliphatic hydroxyl groups excluding tert-OH is 2. The fraction of sp³-hybridized carbons (Fsp3) is 0.824. The molecule has 124 valence electrons. The molecule has 0 heterocycles. The van der Waals surface area contributed by atoms with Crippen LogP contribution in [0.1, 0.15) is 46.0 Å². The van der Waals surface area contributed by atoms with Crippen LogP contribution in [0.15, 0.2) is 11.6 Å². The number of fused-ring (bicyclic) bond motifs is 3. The minimum absolute atomic E-state index is 0.0813. The molecule has 0 aliphatic heterocycles. The van der Waals surface area contributed by atoms with Gasteiger partial charge in [0.1, 0.15) is 5.92 Å². The van der Waals surface area contributed by atoms with Gasteiger partial charge in [-0.25, -0.2) is 0 Å². The molecule has 0 aromatic heterocycles. The molecule has 5 nitrogen and oxygen atoms in total. The standard InChI is InChI=1S/C17H26O5/c1-16(2)12-6-3-9-10(17(12,22)8-7-13(16)19)4-5-11(18)14(9)15(20)21/h3,10-14,18-19,22H,4-8H2,1-2H3,(H,20,21)/t10-,11-,12?,13+,14?,17-/m0/s1. The number of hydrogen-bond donors (Lipinski definition) is 4. The molecule has 3 aliphatic carbocycles. The third-order valence-electron chi connectivity index (χ3n) is 6.53. The van der Waals surface area contributed by atoms with Crippen molar-refractivity contribution in [3.05, 3.63) is 11.6 Å². The number of carboxylic acid groups (broad SMARTS) is 1. The second-order valence-electron chi connectivity index (χ2n) is 7.87. The minimum Gasteiger partial charge on any atom is -0.481 e. The quantitative estimate of drug-likeness (QED) is 0.548. The number of rotatable bonds is 1. The van der Waals surface area contributed by atoms with Crippen LogP contribution in [0.3, 0.4) is 0 Å². The van der Waals surface area contributed by atoms with Gasteiger partial charge in [0.25, 0.3) is 0 Å². The smallest absolute Gasteiger partial charge is 0.313 e. The molecule has 3 rings (SSSR count). The first-order chi connectivity index (χ1) is 10.2. The molecule has 2 unspecified atom stereocenters. The zero-order valence-electron chi connectivity index (χ0n) is 13.2. The van der Waals surface area contributed by atoms with Gasteiger partial charge >= 0.3 is 5.97 Å². The second kappa shape index (κ2) is 5.05. The van der Waals surface area contributed by atoms with Gasteiger partial charge in [0, 0.05) is 5.92 Å². The molecule has 3 aliphatic rings. The molecule has 0 aromatic carbocycles. The summed E-state index contributed by atoms with van der Waals surface area (Å²) in [6.45, 7) is 3.97. The van der Waals surface area contributed by atoms with Crippen LogP contribution in [0.2, 0.25) is 0 Å². The van der Waals surface area contributed by atoms with Crippen LogP contribution in [0.25, 0.3) is 0 Å². The molecular formula is C17H26O5. The summed E-state index contributed by atoms with van der Waals surface area (Å²) in [5, 5.41) is 41.2. The third-order valence-corrected chi connectivity index (χ3v) is 6.53. The first-order valence-electron chi connectivity index (χ1n) is 8.21. The maximum atomic E-state index is 11.5. The number of carbonyl (C=O) groups is 1. The molecule has 0 amide bonds. The predicted molar refractivity (Wildman–Crippen MR) is 80.0 cm³/mol. The first-order valence-corrected chi connectivity index (χ1v) is 8.21. The Morgan fingerprint density at radius 1 is 1.23 bits per heavy atom. The van der Waals surface area contributed by atoms with Crippen LogP contribution in [0, 0.1) is 23.2 Å². The van der Waals surface area contributed by atoms with Crippen molar-refractivity contribution < 1.29 is 25.2 Å². The molecule has 0 aromatic rings. The minimum atomic E-state index is -1.01. The average Bonchev–Trinajstić information content (AvgIpc) is 2.42. The largest absolute Gasteiger partial charge is 0.481 e. The van der Waals surface area contributed by atoms with E-state index in [1.54, 1.807) is 0 Å². The normalized spacial score (nSPS) is 47.1. The summed E-state index contributed by atoms with van der Waals surface area (Å²) in [7, 11) is 0. The first kappa shape index (κ1) is 16.0. The highest BCUT2D eigenvalue weighted by atomic mass is 16.4. The zero-order valence-corrected chi connectivity index (χ0v) is 13.2. The number of aliphatic carboxylic acids is 1. The average molecular weight is 310 g/mol. The lowest BCUT2D eigenvalue weighted by molar-refractivity contribution is -0.184. The Kier molecular flexibility index (Phi) is 3.66. The molecule has 2 saturated carbocycles. The van der Waals surface area contributed by atoms with E-state index in [-0.39, 0.29) is 11.8 Å².